The van der Waals surface area contributed by atoms with Crippen LogP contribution < -0.4 is 0 Å². The molecule has 0 amide bonds. The van der Waals surface area contributed by atoms with E-state index in [9.17, 15) is 8.42 Å². The van der Waals surface area contributed by atoms with Crippen molar-refractivity contribution < 1.29 is 13.2 Å². The van der Waals surface area contributed by atoms with E-state index in [0.717, 1.165) is 24.0 Å². The van der Waals surface area contributed by atoms with E-state index >= 15 is 0 Å². The summed E-state index contributed by atoms with van der Waals surface area (Å²) in [5, 5.41) is 0. The molecule has 1 saturated heterocycles. The Bertz CT molecular complexity index is 761. The van der Waals surface area contributed by atoms with Gasteiger partial charge in [-0.2, -0.15) is 4.31 Å². The maximum absolute atomic E-state index is 12.8. The van der Waals surface area contributed by atoms with Gasteiger partial charge in [-0.25, -0.2) is 8.42 Å². The summed E-state index contributed by atoms with van der Waals surface area (Å²) in [5.41, 5.74) is 2.04. The first-order valence-corrected chi connectivity index (χ1v) is 9.57. The zero-order valence-corrected chi connectivity index (χ0v) is 14.6. The topological polar surface area (TPSA) is 59.5 Å². The lowest BCUT2D eigenvalue weighted by atomic mass is 10.1. The first-order valence-electron chi connectivity index (χ1n) is 8.13. The van der Waals surface area contributed by atoms with Crippen LogP contribution in [0.3, 0.4) is 0 Å². The van der Waals surface area contributed by atoms with Crippen molar-refractivity contribution in [1.29, 1.82) is 0 Å². The lowest BCUT2D eigenvalue weighted by Gasteiger charge is -2.31. The second-order valence-electron chi connectivity index (χ2n) is 6.11. The summed E-state index contributed by atoms with van der Waals surface area (Å²) in [4.78, 5) is 4.41. The van der Waals surface area contributed by atoms with Gasteiger partial charge in [0.2, 0.25) is 10.0 Å². The van der Waals surface area contributed by atoms with Crippen LogP contribution in [0, 0.1) is 6.92 Å². The molecule has 1 fully saturated rings. The number of hydrogen-bond acceptors (Lipinski definition) is 4. The smallest absolute Gasteiger partial charge is 0.243 e. The average molecular weight is 346 g/mol. The molecule has 0 bridgehead atoms. The van der Waals surface area contributed by atoms with Gasteiger partial charge in [-0.05, 0) is 43.5 Å². The molecule has 128 valence electrons. The molecule has 1 aromatic heterocycles. The maximum atomic E-state index is 12.8. The van der Waals surface area contributed by atoms with Crippen molar-refractivity contribution in [3.8, 4) is 0 Å². The Morgan fingerprint density at radius 2 is 2.04 bits per heavy atom. The summed E-state index contributed by atoms with van der Waals surface area (Å²) in [5.74, 6) is 0. The fourth-order valence-electron chi connectivity index (χ4n) is 2.82. The molecule has 5 nitrogen and oxygen atoms in total. The van der Waals surface area contributed by atoms with E-state index in [1.807, 2.05) is 31.2 Å². The van der Waals surface area contributed by atoms with Crippen LogP contribution in [0.2, 0.25) is 0 Å². The van der Waals surface area contributed by atoms with Gasteiger partial charge in [0.15, 0.2) is 0 Å². The van der Waals surface area contributed by atoms with Gasteiger partial charge in [0.05, 0.1) is 17.6 Å². The predicted octanol–water partition coefficient (Wildman–Crippen LogP) is 2.76. The molecule has 24 heavy (non-hydrogen) atoms. The minimum Gasteiger partial charge on any atom is -0.372 e. The van der Waals surface area contributed by atoms with Crippen LogP contribution in [0.4, 0.5) is 0 Å². The fourth-order valence-corrected chi connectivity index (χ4v) is 4.33. The quantitative estimate of drug-likeness (QED) is 0.835. The molecular weight excluding hydrogens is 324 g/mol. The Labute approximate surface area is 143 Å². The second kappa shape index (κ2) is 7.42. The monoisotopic (exact) mass is 346 g/mol. The van der Waals surface area contributed by atoms with Gasteiger partial charge in [-0.15, -0.1) is 0 Å². The fraction of sp³-hybridized carbons (Fsp3) is 0.389. The van der Waals surface area contributed by atoms with Gasteiger partial charge in [-0.3, -0.25) is 4.98 Å². The summed E-state index contributed by atoms with van der Waals surface area (Å²) in [6.07, 6.45) is 5.09. The Morgan fingerprint density at radius 3 is 2.75 bits per heavy atom. The molecule has 1 unspecified atom stereocenters. The van der Waals surface area contributed by atoms with Gasteiger partial charge in [0.25, 0.3) is 0 Å². The molecule has 0 saturated carbocycles. The number of benzene rings is 1. The maximum Gasteiger partial charge on any atom is 0.243 e. The number of ether oxygens (including phenoxy) is 1. The highest BCUT2D eigenvalue weighted by Crippen LogP contribution is 2.23. The number of aryl methyl sites for hydroxylation is 1. The van der Waals surface area contributed by atoms with Crippen molar-refractivity contribution in [2.24, 2.45) is 0 Å². The zero-order valence-electron chi connectivity index (χ0n) is 13.8. The first-order chi connectivity index (χ1) is 11.6. The van der Waals surface area contributed by atoms with Crippen LogP contribution in [0.5, 0.6) is 0 Å². The predicted molar refractivity (Wildman–Crippen MR) is 92.0 cm³/mol. The summed E-state index contributed by atoms with van der Waals surface area (Å²) in [6, 6.07) is 10.8. The van der Waals surface area contributed by atoms with Crippen molar-refractivity contribution >= 4 is 10.0 Å². The van der Waals surface area contributed by atoms with E-state index in [-0.39, 0.29) is 6.10 Å². The zero-order chi connectivity index (χ0) is 17.0. The number of sulfonamides is 1. The van der Waals surface area contributed by atoms with Crippen LogP contribution >= 0.6 is 0 Å². The van der Waals surface area contributed by atoms with E-state index in [0.29, 0.717) is 24.6 Å². The molecule has 0 spiro atoms. The number of nitrogens with zero attached hydrogens (tertiary/aromatic N) is 2. The van der Waals surface area contributed by atoms with E-state index < -0.39 is 10.0 Å². The third-order valence-electron chi connectivity index (χ3n) is 4.21. The van der Waals surface area contributed by atoms with Gasteiger partial charge >= 0.3 is 0 Å². The number of hydrogen-bond donors (Lipinski definition) is 0. The van der Waals surface area contributed by atoms with Gasteiger partial charge in [0.1, 0.15) is 0 Å². The number of pyridine rings is 1. The Hall–Kier alpha value is -1.76. The standard InChI is InChI=1S/C18H22N2O3S/c1-15-6-8-18(9-7-15)24(21,22)20-11-3-5-17(13-20)23-14-16-4-2-10-19-12-16/h2,4,6-10,12,17H,3,5,11,13-14H2,1H3. The molecule has 0 radical (unpaired) electrons. The molecular formula is C18H22N2O3S. The summed E-state index contributed by atoms with van der Waals surface area (Å²) in [7, 11) is -3.45. The van der Waals surface area contributed by atoms with Crippen molar-refractivity contribution in [2.45, 2.75) is 37.4 Å². The van der Waals surface area contributed by atoms with E-state index in [2.05, 4.69) is 4.98 Å². The number of rotatable bonds is 5. The molecule has 0 aliphatic carbocycles. The lowest BCUT2D eigenvalue weighted by molar-refractivity contribution is 0.00800. The average Bonchev–Trinajstić information content (AvgIpc) is 2.61. The highest BCUT2D eigenvalue weighted by atomic mass is 32.2. The van der Waals surface area contributed by atoms with E-state index in [1.54, 1.807) is 24.5 Å². The van der Waals surface area contributed by atoms with Crippen LogP contribution in [0.25, 0.3) is 0 Å². The van der Waals surface area contributed by atoms with Gasteiger partial charge < -0.3 is 4.74 Å². The molecule has 0 N–H and O–H groups in total. The Morgan fingerprint density at radius 1 is 1.25 bits per heavy atom. The molecule has 2 heterocycles. The van der Waals surface area contributed by atoms with Gasteiger partial charge in [-0.1, -0.05) is 23.8 Å². The van der Waals surface area contributed by atoms with Crippen LogP contribution in [-0.4, -0.2) is 36.9 Å². The summed E-state index contributed by atoms with van der Waals surface area (Å²) < 4.78 is 33.0. The molecule has 1 aliphatic heterocycles. The molecule has 1 atom stereocenters. The minimum atomic E-state index is -3.45. The highest BCUT2D eigenvalue weighted by Gasteiger charge is 2.30. The highest BCUT2D eigenvalue weighted by molar-refractivity contribution is 7.89. The molecule has 1 aliphatic rings. The van der Waals surface area contributed by atoms with Crippen LogP contribution in [0.15, 0.2) is 53.7 Å². The summed E-state index contributed by atoms with van der Waals surface area (Å²) >= 11 is 0. The van der Waals surface area contributed by atoms with E-state index in [4.69, 9.17) is 4.74 Å². The van der Waals surface area contributed by atoms with Crippen LogP contribution in [-0.2, 0) is 21.4 Å². The molecule has 2 aromatic rings. The Balaban J connectivity index is 1.65. The minimum absolute atomic E-state index is 0.0841. The van der Waals surface area contributed by atoms with Crippen molar-refractivity contribution in [3.63, 3.8) is 0 Å². The first kappa shape index (κ1) is 17.1. The third kappa shape index (κ3) is 4.01. The largest absolute Gasteiger partial charge is 0.372 e. The number of aromatic nitrogens is 1. The normalized spacial score (nSPS) is 19.3. The Kier molecular flexibility index (Phi) is 5.28. The summed E-state index contributed by atoms with van der Waals surface area (Å²) in [6.45, 7) is 3.34. The molecule has 1 aromatic carbocycles. The number of piperidine rings is 1. The second-order valence-corrected chi connectivity index (χ2v) is 8.05. The van der Waals surface area contributed by atoms with Gasteiger partial charge in [0, 0.05) is 25.5 Å². The van der Waals surface area contributed by atoms with Crippen molar-refractivity contribution in [2.75, 3.05) is 13.1 Å². The molecule has 6 heteroatoms. The van der Waals surface area contributed by atoms with Crippen LogP contribution in [0.1, 0.15) is 24.0 Å². The van der Waals surface area contributed by atoms with Crippen molar-refractivity contribution in [1.82, 2.24) is 9.29 Å². The van der Waals surface area contributed by atoms with E-state index in [1.165, 1.54) is 4.31 Å². The SMILES string of the molecule is Cc1ccc(S(=O)(=O)N2CCCC(OCc3cccnc3)C2)cc1. The molecule has 3 rings (SSSR count). The van der Waals surface area contributed by atoms with Crippen molar-refractivity contribution in [3.05, 3.63) is 59.9 Å². The third-order valence-corrected chi connectivity index (χ3v) is 6.09. The lowest BCUT2D eigenvalue weighted by Crippen LogP contribution is -2.43.